The third-order valence-electron chi connectivity index (χ3n) is 2.32. The Kier molecular flexibility index (Phi) is 5.43. The van der Waals surface area contributed by atoms with E-state index in [1.54, 1.807) is 12.1 Å². The van der Waals surface area contributed by atoms with Crippen molar-refractivity contribution in [3.05, 3.63) is 54.6 Å². The lowest BCUT2D eigenvalue weighted by Gasteiger charge is -2.08. The molecular formula is C13H15BO3. The SMILES string of the molecule is CO.OB(O)c1ccccc1-c1ccccc1. The van der Waals surface area contributed by atoms with Crippen molar-refractivity contribution in [3.63, 3.8) is 0 Å². The molecule has 0 saturated carbocycles. The van der Waals surface area contributed by atoms with E-state index in [4.69, 9.17) is 5.11 Å². The summed E-state index contributed by atoms with van der Waals surface area (Å²) >= 11 is 0. The molecule has 0 atom stereocenters. The molecule has 3 nitrogen and oxygen atoms in total. The maximum atomic E-state index is 9.22. The van der Waals surface area contributed by atoms with Crippen LogP contribution in [0.1, 0.15) is 0 Å². The van der Waals surface area contributed by atoms with Crippen LogP contribution in [-0.4, -0.2) is 29.4 Å². The first-order chi connectivity index (χ1) is 8.29. The van der Waals surface area contributed by atoms with Gasteiger partial charge in [0.2, 0.25) is 0 Å². The zero-order valence-corrected chi connectivity index (χ0v) is 9.62. The Bertz CT molecular complexity index is 443. The highest BCUT2D eigenvalue weighted by Gasteiger charge is 2.15. The van der Waals surface area contributed by atoms with Gasteiger partial charge in [0.25, 0.3) is 0 Å². The summed E-state index contributed by atoms with van der Waals surface area (Å²) in [6, 6.07) is 16.9. The van der Waals surface area contributed by atoms with E-state index >= 15 is 0 Å². The Hall–Kier alpha value is -1.62. The fourth-order valence-electron chi connectivity index (χ4n) is 1.60. The molecule has 0 aliphatic carbocycles. The van der Waals surface area contributed by atoms with Crippen molar-refractivity contribution in [2.45, 2.75) is 0 Å². The molecule has 0 aliphatic heterocycles. The summed E-state index contributed by atoms with van der Waals surface area (Å²) in [5, 5.41) is 25.4. The topological polar surface area (TPSA) is 60.7 Å². The average Bonchev–Trinajstić information content (AvgIpc) is 2.42. The molecule has 0 unspecified atom stereocenters. The van der Waals surface area contributed by atoms with Gasteiger partial charge in [-0.05, 0) is 16.6 Å². The molecule has 0 fully saturated rings. The van der Waals surface area contributed by atoms with Crippen LogP contribution in [0, 0.1) is 0 Å². The van der Waals surface area contributed by atoms with Crippen molar-refractivity contribution in [3.8, 4) is 11.1 Å². The van der Waals surface area contributed by atoms with Crippen molar-refractivity contribution < 1.29 is 15.2 Å². The molecule has 2 aromatic carbocycles. The van der Waals surface area contributed by atoms with Gasteiger partial charge in [-0.2, -0.15) is 0 Å². The predicted molar refractivity (Wildman–Crippen MR) is 69.8 cm³/mol. The Morgan fingerprint density at radius 1 is 0.765 bits per heavy atom. The van der Waals surface area contributed by atoms with Crippen LogP contribution in [0.25, 0.3) is 11.1 Å². The zero-order chi connectivity index (χ0) is 12.7. The van der Waals surface area contributed by atoms with Crippen LogP contribution >= 0.6 is 0 Å². The van der Waals surface area contributed by atoms with E-state index in [0.717, 1.165) is 18.2 Å². The quantitative estimate of drug-likeness (QED) is 0.663. The lowest BCUT2D eigenvalue weighted by Crippen LogP contribution is -2.31. The van der Waals surface area contributed by atoms with Gasteiger partial charge in [-0.15, -0.1) is 0 Å². The van der Waals surface area contributed by atoms with Crippen LogP contribution in [0.2, 0.25) is 0 Å². The van der Waals surface area contributed by atoms with E-state index in [1.165, 1.54) is 0 Å². The lowest BCUT2D eigenvalue weighted by molar-refractivity contribution is 0.399. The third kappa shape index (κ3) is 3.42. The Morgan fingerprint density at radius 3 is 1.88 bits per heavy atom. The van der Waals surface area contributed by atoms with Gasteiger partial charge in [0.1, 0.15) is 0 Å². The van der Waals surface area contributed by atoms with Crippen molar-refractivity contribution in [2.75, 3.05) is 7.11 Å². The van der Waals surface area contributed by atoms with Gasteiger partial charge >= 0.3 is 7.12 Å². The Balaban J connectivity index is 0.000000686. The summed E-state index contributed by atoms with van der Waals surface area (Å²) in [5.74, 6) is 0. The molecule has 0 amide bonds. The van der Waals surface area contributed by atoms with E-state index in [-0.39, 0.29) is 0 Å². The maximum Gasteiger partial charge on any atom is 0.489 e. The van der Waals surface area contributed by atoms with Gasteiger partial charge in [0.05, 0.1) is 0 Å². The largest absolute Gasteiger partial charge is 0.489 e. The van der Waals surface area contributed by atoms with E-state index < -0.39 is 7.12 Å². The predicted octanol–water partition coefficient (Wildman–Crippen LogP) is 0.642. The maximum absolute atomic E-state index is 9.22. The van der Waals surface area contributed by atoms with Crippen molar-refractivity contribution in [2.24, 2.45) is 0 Å². The minimum Gasteiger partial charge on any atom is -0.423 e. The van der Waals surface area contributed by atoms with Crippen LogP contribution in [0.15, 0.2) is 54.6 Å². The number of rotatable bonds is 2. The van der Waals surface area contributed by atoms with Crippen molar-refractivity contribution in [1.29, 1.82) is 0 Å². The summed E-state index contributed by atoms with van der Waals surface area (Å²) < 4.78 is 0. The molecule has 4 heteroatoms. The highest BCUT2D eigenvalue weighted by Crippen LogP contribution is 2.16. The summed E-state index contributed by atoms with van der Waals surface area (Å²) in [4.78, 5) is 0. The van der Waals surface area contributed by atoms with Gasteiger partial charge < -0.3 is 15.2 Å². The molecular weight excluding hydrogens is 215 g/mol. The number of aliphatic hydroxyl groups is 1. The van der Waals surface area contributed by atoms with E-state index in [1.807, 2.05) is 42.5 Å². The lowest BCUT2D eigenvalue weighted by atomic mass is 9.75. The van der Waals surface area contributed by atoms with Crippen LogP contribution in [-0.2, 0) is 0 Å². The molecule has 0 radical (unpaired) electrons. The Labute approximate surface area is 101 Å². The normalized spacial score (nSPS) is 9.18. The second-order valence-corrected chi connectivity index (χ2v) is 3.33. The van der Waals surface area contributed by atoms with Gasteiger partial charge in [0, 0.05) is 7.11 Å². The standard InChI is InChI=1S/C12H11BO2.CH4O/c14-13(15)12-9-5-4-8-11(12)10-6-2-1-3-7-10;1-2/h1-9,14-15H;2H,1H3. The minimum atomic E-state index is -1.43. The smallest absolute Gasteiger partial charge is 0.423 e. The monoisotopic (exact) mass is 230 g/mol. The number of hydrogen-bond donors (Lipinski definition) is 3. The summed E-state index contributed by atoms with van der Waals surface area (Å²) in [7, 11) is -0.429. The number of hydrogen-bond acceptors (Lipinski definition) is 3. The van der Waals surface area contributed by atoms with E-state index in [2.05, 4.69) is 0 Å². The first kappa shape index (κ1) is 13.4. The fraction of sp³-hybridized carbons (Fsp3) is 0.0769. The van der Waals surface area contributed by atoms with Gasteiger partial charge in [-0.1, -0.05) is 54.6 Å². The van der Waals surface area contributed by atoms with Crippen LogP contribution in [0.5, 0.6) is 0 Å². The van der Waals surface area contributed by atoms with Crippen molar-refractivity contribution >= 4 is 12.6 Å². The molecule has 3 N–H and O–H groups in total. The molecule has 0 bridgehead atoms. The molecule has 0 spiro atoms. The van der Waals surface area contributed by atoms with E-state index in [0.29, 0.717) is 5.46 Å². The summed E-state index contributed by atoms with van der Waals surface area (Å²) in [5.41, 5.74) is 2.37. The molecule has 0 aromatic heterocycles. The average molecular weight is 230 g/mol. The second-order valence-electron chi connectivity index (χ2n) is 3.33. The third-order valence-corrected chi connectivity index (χ3v) is 2.32. The molecule has 2 rings (SSSR count). The van der Waals surface area contributed by atoms with Crippen molar-refractivity contribution in [1.82, 2.24) is 0 Å². The minimum absolute atomic E-state index is 0.531. The molecule has 17 heavy (non-hydrogen) atoms. The summed E-state index contributed by atoms with van der Waals surface area (Å²) in [6.45, 7) is 0. The fourth-order valence-corrected chi connectivity index (χ4v) is 1.60. The number of benzene rings is 2. The number of aliphatic hydroxyl groups excluding tert-OH is 1. The summed E-state index contributed by atoms with van der Waals surface area (Å²) in [6.07, 6.45) is 0. The molecule has 0 aliphatic rings. The molecule has 88 valence electrons. The first-order valence-electron chi connectivity index (χ1n) is 5.24. The highest BCUT2D eigenvalue weighted by molar-refractivity contribution is 6.60. The van der Waals surface area contributed by atoms with Crippen LogP contribution in [0.4, 0.5) is 0 Å². The first-order valence-corrected chi connectivity index (χ1v) is 5.24. The molecule has 0 saturated heterocycles. The zero-order valence-electron chi connectivity index (χ0n) is 9.62. The van der Waals surface area contributed by atoms with Gasteiger partial charge in [-0.25, -0.2) is 0 Å². The Morgan fingerprint density at radius 2 is 1.29 bits per heavy atom. The highest BCUT2D eigenvalue weighted by atomic mass is 16.4. The second kappa shape index (κ2) is 6.86. The molecule has 2 aromatic rings. The van der Waals surface area contributed by atoms with Crippen LogP contribution in [0.3, 0.4) is 0 Å². The molecule has 0 heterocycles. The van der Waals surface area contributed by atoms with Gasteiger partial charge in [-0.3, -0.25) is 0 Å². The van der Waals surface area contributed by atoms with Gasteiger partial charge in [0.15, 0.2) is 0 Å². The van der Waals surface area contributed by atoms with E-state index in [9.17, 15) is 10.0 Å². The van der Waals surface area contributed by atoms with Crippen LogP contribution < -0.4 is 5.46 Å².